The largest absolute Gasteiger partial charge is 0.496 e. The Labute approximate surface area is 203 Å². The fourth-order valence-corrected chi connectivity index (χ4v) is 6.64. The normalized spacial score (nSPS) is 19.8. The lowest BCUT2D eigenvalue weighted by molar-refractivity contribution is -0.137. The van der Waals surface area contributed by atoms with Crippen molar-refractivity contribution in [3.8, 4) is 5.75 Å². The monoisotopic (exact) mass is 485 g/mol. The third-order valence-corrected chi connectivity index (χ3v) is 9.11. The number of carbonyl (C=O) groups excluding carboxylic acids is 1. The van der Waals surface area contributed by atoms with Crippen LogP contribution in [0.3, 0.4) is 0 Å². The van der Waals surface area contributed by atoms with Gasteiger partial charge in [0, 0.05) is 45.0 Å². The van der Waals surface area contributed by atoms with Crippen LogP contribution in [0.15, 0.2) is 41.3 Å². The van der Waals surface area contributed by atoms with Gasteiger partial charge in [-0.1, -0.05) is 12.1 Å². The molecule has 0 saturated carbocycles. The topological polar surface area (TPSA) is 70.2 Å². The molecule has 2 fully saturated rings. The second kappa shape index (κ2) is 9.96. The molecule has 0 radical (unpaired) electrons. The maximum Gasteiger partial charge on any atom is 0.243 e. The number of anilines is 1. The average molecular weight is 486 g/mol. The van der Waals surface area contributed by atoms with Gasteiger partial charge in [-0.15, -0.1) is 0 Å². The Morgan fingerprint density at radius 1 is 0.971 bits per heavy atom. The summed E-state index contributed by atoms with van der Waals surface area (Å²) in [6, 6.07) is 11.3. The molecule has 4 rings (SSSR count). The highest BCUT2D eigenvalue weighted by molar-refractivity contribution is 7.89. The van der Waals surface area contributed by atoms with E-state index in [1.165, 1.54) is 21.1 Å². The van der Waals surface area contributed by atoms with Gasteiger partial charge in [-0.25, -0.2) is 8.42 Å². The Kier molecular flexibility index (Phi) is 7.19. The minimum atomic E-state index is -3.66. The first kappa shape index (κ1) is 24.5. The maximum atomic E-state index is 13.3. The SMILES string of the molecule is COc1ccc(S(=O)(=O)N2CCC[C@@H](C(=O)N3CCN(c4cccc(C)c4C)CC3)C2)cc1C. The van der Waals surface area contributed by atoms with Crippen molar-refractivity contribution in [1.82, 2.24) is 9.21 Å². The molecule has 0 unspecified atom stereocenters. The number of hydrogen-bond donors (Lipinski definition) is 0. The van der Waals surface area contributed by atoms with Crippen molar-refractivity contribution >= 4 is 21.6 Å². The predicted octanol–water partition coefficient (Wildman–Crippen LogP) is 3.37. The van der Waals surface area contributed by atoms with Crippen molar-refractivity contribution in [2.24, 2.45) is 5.92 Å². The summed E-state index contributed by atoms with van der Waals surface area (Å²) in [7, 11) is -2.09. The van der Waals surface area contributed by atoms with Gasteiger partial charge in [-0.2, -0.15) is 4.31 Å². The molecule has 2 aromatic carbocycles. The minimum Gasteiger partial charge on any atom is -0.496 e. The van der Waals surface area contributed by atoms with Crippen LogP contribution in [0.1, 0.15) is 29.5 Å². The van der Waals surface area contributed by atoms with Crippen molar-refractivity contribution in [3.05, 3.63) is 53.1 Å². The molecule has 2 heterocycles. The summed E-state index contributed by atoms with van der Waals surface area (Å²) in [6.07, 6.45) is 1.41. The van der Waals surface area contributed by atoms with Gasteiger partial charge in [0.05, 0.1) is 17.9 Å². The van der Waals surface area contributed by atoms with Crippen molar-refractivity contribution in [1.29, 1.82) is 0 Å². The van der Waals surface area contributed by atoms with Crippen molar-refractivity contribution in [3.63, 3.8) is 0 Å². The summed E-state index contributed by atoms with van der Waals surface area (Å²) in [5, 5.41) is 0. The van der Waals surface area contributed by atoms with E-state index in [1.807, 2.05) is 11.8 Å². The van der Waals surface area contributed by atoms with Gasteiger partial charge in [0.25, 0.3) is 0 Å². The summed E-state index contributed by atoms with van der Waals surface area (Å²) in [5.74, 6) is 0.437. The first-order valence-corrected chi connectivity index (χ1v) is 13.4. The van der Waals surface area contributed by atoms with Gasteiger partial charge in [0.2, 0.25) is 15.9 Å². The molecule has 7 nitrogen and oxygen atoms in total. The van der Waals surface area contributed by atoms with E-state index in [4.69, 9.17) is 4.74 Å². The predicted molar refractivity (Wildman–Crippen MR) is 134 cm³/mol. The molecular formula is C26H35N3O4S. The number of methoxy groups -OCH3 is 1. The molecule has 2 aliphatic rings. The number of ether oxygens (including phenoxy) is 1. The van der Waals surface area contributed by atoms with Crippen molar-refractivity contribution in [2.75, 3.05) is 51.3 Å². The molecule has 0 aliphatic carbocycles. The molecule has 2 saturated heterocycles. The molecule has 0 spiro atoms. The number of piperidine rings is 1. The third-order valence-electron chi connectivity index (χ3n) is 7.25. The molecule has 8 heteroatoms. The zero-order valence-electron chi connectivity index (χ0n) is 20.6. The number of benzene rings is 2. The molecule has 0 bridgehead atoms. The van der Waals surface area contributed by atoms with Gasteiger partial charge < -0.3 is 14.5 Å². The Balaban J connectivity index is 1.41. The van der Waals surface area contributed by atoms with Crippen LogP contribution in [0.5, 0.6) is 5.75 Å². The highest BCUT2D eigenvalue weighted by Crippen LogP contribution is 2.29. The quantitative estimate of drug-likeness (QED) is 0.650. The number of carbonyl (C=O) groups is 1. The number of aryl methyl sites for hydroxylation is 2. The van der Waals surface area contributed by atoms with E-state index in [0.29, 0.717) is 31.8 Å². The molecule has 34 heavy (non-hydrogen) atoms. The zero-order valence-corrected chi connectivity index (χ0v) is 21.4. The van der Waals surface area contributed by atoms with E-state index in [0.717, 1.165) is 25.1 Å². The number of piperazine rings is 1. The molecule has 184 valence electrons. The second-order valence-corrected chi connectivity index (χ2v) is 11.3. The fraction of sp³-hybridized carbons (Fsp3) is 0.500. The zero-order chi connectivity index (χ0) is 24.5. The van der Waals surface area contributed by atoms with Crippen LogP contribution < -0.4 is 9.64 Å². The Hall–Kier alpha value is -2.58. The summed E-state index contributed by atoms with van der Waals surface area (Å²) < 4.78 is 33.3. The van der Waals surface area contributed by atoms with Crippen LogP contribution in [0.2, 0.25) is 0 Å². The van der Waals surface area contributed by atoms with E-state index >= 15 is 0 Å². The van der Waals surface area contributed by atoms with E-state index in [9.17, 15) is 13.2 Å². The van der Waals surface area contributed by atoms with Crippen LogP contribution in [0, 0.1) is 26.7 Å². The van der Waals surface area contributed by atoms with Crippen LogP contribution in [-0.2, 0) is 14.8 Å². The summed E-state index contributed by atoms with van der Waals surface area (Å²) in [6.45, 7) is 9.67. The number of amides is 1. The fourth-order valence-electron chi connectivity index (χ4n) is 5.03. The summed E-state index contributed by atoms with van der Waals surface area (Å²) in [5.41, 5.74) is 4.56. The van der Waals surface area contributed by atoms with Crippen LogP contribution in [0.25, 0.3) is 0 Å². The first-order valence-electron chi connectivity index (χ1n) is 12.0. The molecule has 0 aromatic heterocycles. The van der Waals surface area contributed by atoms with Gasteiger partial charge in [0.1, 0.15) is 5.75 Å². The van der Waals surface area contributed by atoms with Crippen LogP contribution in [-0.4, -0.2) is 69.9 Å². The second-order valence-electron chi connectivity index (χ2n) is 9.37. The van der Waals surface area contributed by atoms with Gasteiger partial charge in [0.15, 0.2) is 0 Å². The van der Waals surface area contributed by atoms with Crippen LogP contribution in [0.4, 0.5) is 5.69 Å². The van der Waals surface area contributed by atoms with E-state index in [1.54, 1.807) is 25.3 Å². The van der Waals surface area contributed by atoms with E-state index in [-0.39, 0.29) is 23.3 Å². The lowest BCUT2D eigenvalue weighted by atomic mass is 9.97. The third kappa shape index (κ3) is 4.79. The van der Waals surface area contributed by atoms with Gasteiger partial charge >= 0.3 is 0 Å². The number of hydrogen-bond acceptors (Lipinski definition) is 5. The van der Waals surface area contributed by atoms with E-state index in [2.05, 4.69) is 36.9 Å². The first-order chi connectivity index (χ1) is 16.2. The number of rotatable bonds is 5. The standard InChI is InChI=1S/C26H35N3O4S/c1-19-7-5-9-24(21(19)3)27-13-15-28(16-14-27)26(30)22-8-6-12-29(18-22)34(31,32)23-10-11-25(33-4)20(2)17-23/h5,7,9-11,17,22H,6,8,12-16,18H2,1-4H3/t22-/m1/s1. The van der Waals surface area contributed by atoms with Crippen molar-refractivity contribution < 1.29 is 17.9 Å². The molecule has 1 atom stereocenters. The summed E-state index contributed by atoms with van der Waals surface area (Å²) >= 11 is 0. The molecule has 0 N–H and O–H groups in total. The Morgan fingerprint density at radius 2 is 1.71 bits per heavy atom. The highest BCUT2D eigenvalue weighted by Gasteiger charge is 2.36. The average Bonchev–Trinajstić information content (AvgIpc) is 2.85. The van der Waals surface area contributed by atoms with E-state index < -0.39 is 10.0 Å². The lowest BCUT2D eigenvalue weighted by Crippen LogP contribution is -2.53. The molecular weight excluding hydrogens is 450 g/mol. The molecule has 2 aliphatic heterocycles. The van der Waals surface area contributed by atoms with Gasteiger partial charge in [-0.05, 0) is 74.6 Å². The highest BCUT2D eigenvalue weighted by atomic mass is 32.2. The lowest BCUT2D eigenvalue weighted by Gasteiger charge is -2.40. The van der Waals surface area contributed by atoms with Gasteiger partial charge in [-0.3, -0.25) is 4.79 Å². The van der Waals surface area contributed by atoms with Crippen LogP contribution >= 0.6 is 0 Å². The maximum absolute atomic E-state index is 13.3. The smallest absolute Gasteiger partial charge is 0.243 e. The van der Waals surface area contributed by atoms with Crippen molar-refractivity contribution in [2.45, 2.75) is 38.5 Å². The Morgan fingerprint density at radius 3 is 2.38 bits per heavy atom. The number of nitrogens with zero attached hydrogens (tertiary/aromatic N) is 3. The molecule has 1 amide bonds. The Bertz CT molecular complexity index is 1160. The summed E-state index contributed by atoms with van der Waals surface area (Å²) in [4.78, 5) is 17.8. The molecule has 2 aromatic rings. The minimum absolute atomic E-state index is 0.0754. The number of sulfonamides is 1.